The summed E-state index contributed by atoms with van der Waals surface area (Å²) in [5.74, 6) is 1.94. The van der Waals surface area contributed by atoms with E-state index in [-0.39, 0.29) is 5.91 Å². The molecule has 0 atom stereocenters. The van der Waals surface area contributed by atoms with Crippen LogP contribution in [0.1, 0.15) is 34.3 Å². The van der Waals surface area contributed by atoms with E-state index < -0.39 is 0 Å². The minimum atomic E-state index is -0.168. The molecule has 0 radical (unpaired) electrons. The summed E-state index contributed by atoms with van der Waals surface area (Å²) in [6.07, 6.45) is 7.44. The first-order chi connectivity index (χ1) is 16.0. The molecule has 166 valence electrons. The lowest BCUT2D eigenvalue weighted by molar-refractivity contribution is 0.102. The molecule has 1 fully saturated rings. The van der Waals surface area contributed by atoms with E-state index >= 15 is 0 Å². The van der Waals surface area contributed by atoms with Crippen molar-refractivity contribution in [1.29, 1.82) is 0 Å². The molecule has 0 bridgehead atoms. The van der Waals surface area contributed by atoms with Gasteiger partial charge in [0.25, 0.3) is 5.91 Å². The maximum atomic E-state index is 12.8. The van der Waals surface area contributed by atoms with Crippen LogP contribution >= 0.6 is 0 Å². The highest BCUT2D eigenvalue weighted by Crippen LogP contribution is 2.26. The molecule has 2 aromatic heterocycles. The maximum Gasteiger partial charge on any atom is 0.255 e. The Balaban J connectivity index is 1.37. The number of benzene rings is 2. The van der Waals surface area contributed by atoms with Crippen LogP contribution in [0.4, 0.5) is 23.1 Å². The van der Waals surface area contributed by atoms with Gasteiger partial charge in [0.2, 0.25) is 5.95 Å². The van der Waals surface area contributed by atoms with Gasteiger partial charge in [-0.15, -0.1) is 0 Å². The van der Waals surface area contributed by atoms with E-state index in [0.717, 1.165) is 28.3 Å². The third kappa shape index (κ3) is 4.85. The van der Waals surface area contributed by atoms with Crippen molar-refractivity contribution in [2.75, 3.05) is 16.0 Å². The fraction of sp³-hybridized carbons (Fsp3) is 0.200. The van der Waals surface area contributed by atoms with Crippen LogP contribution in [0.25, 0.3) is 5.82 Å². The van der Waals surface area contributed by atoms with E-state index in [1.807, 2.05) is 73.1 Å². The average Bonchev–Trinajstić information content (AvgIpc) is 3.49. The summed E-state index contributed by atoms with van der Waals surface area (Å²) in [5.41, 5.74) is 4.21. The summed E-state index contributed by atoms with van der Waals surface area (Å²) in [5, 5.41) is 9.70. The lowest BCUT2D eigenvalue weighted by Gasteiger charge is -2.13. The summed E-state index contributed by atoms with van der Waals surface area (Å²) in [4.78, 5) is 26.0. The molecule has 3 N–H and O–H groups in total. The van der Waals surface area contributed by atoms with E-state index in [1.165, 1.54) is 12.8 Å². The Morgan fingerprint density at radius 1 is 1.03 bits per heavy atom. The number of amides is 1. The quantitative estimate of drug-likeness (QED) is 0.381. The number of nitrogens with zero attached hydrogens (tertiary/aromatic N) is 4. The van der Waals surface area contributed by atoms with Crippen LogP contribution in [-0.2, 0) is 0 Å². The molecule has 4 aromatic rings. The number of aryl methyl sites for hydroxylation is 2. The Hall–Kier alpha value is -4.20. The molecule has 2 aromatic carbocycles. The smallest absolute Gasteiger partial charge is 0.255 e. The fourth-order valence-electron chi connectivity index (χ4n) is 3.52. The molecule has 1 saturated carbocycles. The van der Waals surface area contributed by atoms with Gasteiger partial charge in [-0.05, 0) is 62.1 Å². The van der Waals surface area contributed by atoms with Crippen LogP contribution in [0, 0.1) is 13.8 Å². The summed E-state index contributed by atoms with van der Waals surface area (Å²) in [7, 11) is 0. The van der Waals surface area contributed by atoms with Gasteiger partial charge in [-0.1, -0.05) is 18.2 Å². The predicted molar refractivity (Wildman–Crippen MR) is 129 cm³/mol. The zero-order chi connectivity index (χ0) is 22.8. The number of imidazole rings is 1. The Kier molecular flexibility index (Phi) is 5.48. The van der Waals surface area contributed by atoms with E-state index in [2.05, 4.69) is 30.9 Å². The Morgan fingerprint density at radius 3 is 2.73 bits per heavy atom. The third-order valence-corrected chi connectivity index (χ3v) is 5.49. The number of aromatic nitrogens is 4. The van der Waals surface area contributed by atoms with E-state index in [4.69, 9.17) is 0 Å². The maximum absolute atomic E-state index is 12.8. The van der Waals surface area contributed by atoms with Crippen LogP contribution in [0.2, 0.25) is 0 Å². The standard InChI is InChI=1S/C25H25N7O/c1-16-4-3-5-20(12-16)30-24(33)18-7-6-17(2)21(13-18)31-25-26-10-11-32(25)23-14-22(27-15-28-23)29-19-8-9-19/h3-7,10-15,19H,8-9H2,1-2H3,(H,26,31)(H,30,33)(H,27,28,29). The highest BCUT2D eigenvalue weighted by atomic mass is 16.1. The Morgan fingerprint density at radius 2 is 1.91 bits per heavy atom. The highest BCUT2D eigenvalue weighted by molar-refractivity contribution is 6.05. The molecule has 8 nitrogen and oxygen atoms in total. The Bertz CT molecular complexity index is 1310. The first-order valence-corrected chi connectivity index (χ1v) is 10.9. The number of rotatable bonds is 7. The molecule has 0 saturated heterocycles. The largest absolute Gasteiger partial charge is 0.367 e. The molecular formula is C25H25N7O. The minimum absolute atomic E-state index is 0.168. The van der Waals surface area contributed by atoms with Gasteiger partial charge in [-0.3, -0.25) is 9.36 Å². The van der Waals surface area contributed by atoms with Gasteiger partial charge in [0.15, 0.2) is 0 Å². The number of carbonyl (C=O) groups is 1. The van der Waals surface area contributed by atoms with Crippen molar-refractivity contribution in [3.63, 3.8) is 0 Å². The molecular weight excluding hydrogens is 414 g/mol. The second-order valence-corrected chi connectivity index (χ2v) is 8.28. The lowest BCUT2D eigenvalue weighted by atomic mass is 10.1. The second-order valence-electron chi connectivity index (χ2n) is 8.28. The Labute approximate surface area is 192 Å². The summed E-state index contributed by atoms with van der Waals surface area (Å²) >= 11 is 0. The first kappa shape index (κ1) is 20.7. The van der Waals surface area contributed by atoms with Gasteiger partial charge in [0.1, 0.15) is 18.0 Å². The number of nitrogens with one attached hydrogen (secondary N) is 3. The highest BCUT2D eigenvalue weighted by Gasteiger charge is 2.21. The van der Waals surface area contributed by atoms with E-state index in [1.54, 1.807) is 12.5 Å². The van der Waals surface area contributed by atoms with E-state index in [0.29, 0.717) is 23.4 Å². The molecule has 8 heteroatoms. The van der Waals surface area contributed by atoms with Gasteiger partial charge in [-0.2, -0.15) is 0 Å². The molecule has 0 unspecified atom stereocenters. The molecule has 0 aliphatic heterocycles. The normalized spacial score (nSPS) is 12.9. The number of carbonyl (C=O) groups excluding carboxylic acids is 1. The van der Waals surface area contributed by atoms with Crippen molar-refractivity contribution in [2.24, 2.45) is 0 Å². The van der Waals surface area contributed by atoms with Gasteiger partial charge in [-0.25, -0.2) is 15.0 Å². The third-order valence-electron chi connectivity index (χ3n) is 5.49. The molecule has 5 rings (SSSR count). The van der Waals surface area contributed by atoms with Gasteiger partial charge in [0.05, 0.1) is 0 Å². The molecule has 33 heavy (non-hydrogen) atoms. The van der Waals surface area contributed by atoms with E-state index in [9.17, 15) is 4.79 Å². The van der Waals surface area contributed by atoms with Gasteiger partial charge >= 0.3 is 0 Å². The lowest BCUT2D eigenvalue weighted by Crippen LogP contribution is -2.13. The van der Waals surface area contributed by atoms with Crippen molar-refractivity contribution in [1.82, 2.24) is 19.5 Å². The average molecular weight is 440 g/mol. The van der Waals surface area contributed by atoms with Gasteiger partial charge < -0.3 is 16.0 Å². The van der Waals surface area contributed by atoms with Crippen LogP contribution in [0.3, 0.4) is 0 Å². The topological polar surface area (TPSA) is 96.8 Å². The number of anilines is 4. The first-order valence-electron chi connectivity index (χ1n) is 10.9. The van der Waals surface area contributed by atoms with Crippen LogP contribution in [0.5, 0.6) is 0 Å². The summed E-state index contributed by atoms with van der Waals surface area (Å²) in [6, 6.07) is 15.7. The van der Waals surface area contributed by atoms with Crippen molar-refractivity contribution < 1.29 is 4.79 Å². The minimum Gasteiger partial charge on any atom is -0.367 e. The molecule has 1 amide bonds. The van der Waals surface area contributed by atoms with Crippen LogP contribution in [0.15, 0.2) is 67.3 Å². The van der Waals surface area contributed by atoms with Crippen molar-refractivity contribution >= 4 is 29.0 Å². The second kappa shape index (κ2) is 8.74. The summed E-state index contributed by atoms with van der Waals surface area (Å²) < 4.78 is 1.86. The van der Waals surface area contributed by atoms with Crippen molar-refractivity contribution in [3.05, 3.63) is 83.9 Å². The van der Waals surface area contributed by atoms with Crippen molar-refractivity contribution in [3.8, 4) is 5.82 Å². The zero-order valence-corrected chi connectivity index (χ0v) is 18.5. The van der Waals surface area contributed by atoms with Crippen LogP contribution < -0.4 is 16.0 Å². The van der Waals surface area contributed by atoms with Gasteiger partial charge in [0, 0.05) is 41.4 Å². The molecule has 2 heterocycles. The number of hydrogen-bond acceptors (Lipinski definition) is 6. The predicted octanol–water partition coefficient (Wildman–Crippen LogP) is 4.85. The number of hydrogen-bond donors (Lipinski definition) is 3. The molecule has 0 spiro atoms. The molecule has 1 aliphatic rings. The fourth-order valence-corrected chi connectivity index (χ4v) is 3.52. The zero-order valence-electron chi connectivity index (χ0n) is 18.5. The van der Waals surface area contributed by atoms with Crippen molar-refractivity contribution in [2.45, 2.75) is 32.7 Å². The monoisotopic (exact) mass is 439 g/mol. The summed E-state index contributed by atoms with van der Waals surface area (Å²) in [6.45, 7) is 3.98. The SMILES string of the molecule is Cc1cccc(NC(=O)c2ccc(C)c(Nc3nccn3-c3cc(NC4CC4)ncn3)c2)c1. The van der Waals surface area contributed by atoms with Crippen LogP contribution in [-0.4, -0.2) is 31.5 Å². The molecule has 1 aliphatic carbocycles.